The maximum atomic E-state index is 12.0. The van der Waals surface area contributed by atoms with E-state index in [2.05, 4.69) is 26.1 Å². The molecule has 1 N–H and O–H groups in total. The van der Waals surface area contributed by atoms with Crippen LogP contribution in [0, 0.1) is 11.3 Å². The van der Waals surface area contributed by atoms with E-state index in [9.17, 15) is 4.79 Å². The molecule has 1 aliphatic carbocycles. The maximum Gasteiger partial charge on any atom is 0.410 e. The van der Waals surface area contributed by atoms with Gasteiger partial charge in [-0.3, -0.25) is 0 Å². The number of carbonyl (C=O) groups excluding carboxylic acids is 1. The highest BCUT2D eigenvalue weighted by atomic mass is 16.6. The largest absolute Gasteiger partial charge is 0.444 e. The molecule has 0 spiro atoms. The number of nitrogens with one attached hydrogen (secondary N) is 1. The van der Waals surface area contributed by atoms with E-state index in [1.165, 1.54) is 25.7 Å². The lowest BCUT2D eigenvalue weighted by Crippen LogP contribution is -2.42. The van der Waals surface area contributed by atoms with Crippen LogP contribution in [-0.4, -0.2) is 42.8 Å². The van der Waals surface area contributed by atoms with Crippen molar-refractivity contribution in [2.75, 3.05) is 20.1 Å². The SMILES string of the molecule is CC(CNC1CCCC(C)(C)C1)CN(C)C(=O)OC(C)(C)C. The van der Waals surface area contributed by atoms with Crippen molar-refractivity contribution in [2.45, 2.75) is 78.9 Å². The van der Waals surface area contributed by atoms with Gasteiger partial charge >= 0.3 is 6.09 Å². The summed E-state index contributed by atoms with van der Waals surface area (Å²) in [4.78, 5) is 13.7. The fraction of sp³-hybridized carbons (Fsp3) is 0.944. The fourth-order valence-corrected chi connectivity index (χ4v) is 3.19. The molecule has 0 bridgehead atoms. The van der Waals surface area contributed by atoms with E-state index in [4.69, 9.17) is 4.74 Å². The van der Waals surface area contributed by atoms with Crippen molar-refractivity contribution in [1.29, 1.82) is 0 Å². The van der Waals surface area contributed by atoms with E-state index in [1.807, 2.05) is 27.8 Å². The number of ether oxygens (including phenoxy) is 1. The molecule has 1 rings (SSSR count). The fourth-order valence-electron chi connectivity index (χ4n) is 3.19. The van der Waals surface area contributed by atoms with Gasteiger partial charge in [-0.05, 0) is 57.9 Å². The quantitative estimate of drug-likeness (QED) is 0.832. The number of nitrogens with zero attached hydrogens (tertiary/aromatic N) is 1. The van der Waals surface area contributed by atoms with Gasteiger partial charge in [0.05, 0.1) is 0 Å². The van der Waals surface area contributed by atoms with Crippen LogP contribution in [0.4, 0.5) is 4.79 Å². The Morgan fingerprint density at radius 1 is 1.41 bits per heavy atom. The van der Waals surface area contributed by atoms with E-state index in [0.717, 1.165) is 13.1 Å². The number of hydrogen-bond acceptors (Lipinski definition) is 3. The molecule has 1 amide bonds. The Morgan fingerprint density at radius 2 is 2.05 bits per heavy atom. The Labute approximate surface area is 137 Å². The second-order valence-electron chi connectivity index (χ2n) is 8.83. The summed E-state index contributed by atoms with van der Waals surface area (Å²) in [6.45, 7) is 14.3. The molecule has 1 fully saturated rings. The van der Waals surface area contributed by atoms with Crippen LogP contribution in [0.5, 0.6) is 0 Å². The average Bonchev–Trinajstić information content (AvgIpc) is 2.33. The van der Waals surface area contributed by atoms with Gasteiger partial charge in [-0.1, -0.05) is 27.2 Å². The summed E-state index contributed by atoms with van der Waals surface area (Å²) in [5, 5.41) is 3.69. The minimum atomic E-state index is -0.430. The molecule has 0 aliphatic heterocycles. The van der Waals surface area contributed by atoms with E-state index in [-0.39, 0.29) is 6.09 Å². The summed E-state index contributed by atoms with van der Waals surface area (Å²) >= 11 is 0. The first-order valence-electron chi connectivity index (χ1n) is 8.66. The van der Waals surface area contributed by atoms with Gasteiger partial charge < -0.3 is 15.0 Å². The van der Waals surface area contributed by atoms with Crippen molar-refractivity contribution in [2.24, 2.45) is 11.3 Å². The van der Waals surface area contributed by atoms with Crippen molar-refractivity contribution in [3.8, 4) is 0 Å². The smallest absolute Gasteiger partial charge is 0.410 e. The molecule has 0 aromatic heterocycles. The number of hydrogen-bond donors (Lipinski definition) is 1. The molecule has 4 nitrogen and oxygen atoms in total. The van der Waals surface area contributed by atoms with Crippen molar-refractivity contribution >= 4 is 6.09 Å². The minimum absolute atomic E-state index is 0.238. The molecule has 0 aromatic carbocycles. The van der Waals surface area contributed by atoms with E-state index >= 15 is 0 Å². The van der Waals surface area contributed by atoms with Crippen molar-refractivity contribution in [3.63, 3.8) is 0 Å². The Kier molecular flexibility index (Phi) is 6.72. The molecule has 2 unspecified atom stereocenters. The van der Waals surface area contributed by atoms with Crippen molar-refractivity contribution in [3.05, 3.63) is 0 Å². The zero-order valence-electron chi connectivity index (χ0n) is 15.7. The predicted molar refractivity (Wildman–Crippen MR) is 92.1 cm³/mol. The maximum absolute atomic E-state index is 12.0. The first-order chi connectivity index (χ1) is 9.98. The van der Waals surface area contributed by atoms with Crippen LogP contribution >= 0.6 is 0 Å². The average molecular weight is 312 g/mol. The van der Waals surface area contributed by atoms with Crippen LogP contribution in [0.2, 0.25) is 0 Å². The highest BCUT2D eigenvalue weighted by Crippen LogP contribution is 2.35. The monoisotopic (exact) mass is 312 g/mol. The normalized spacial score (nSPS) is 23.0. The molecular weight excluding hydrogens is 276 g/mol. The van der Waals surface area contributed by atoms with Crippen molar-refractivity contribution < 1.29 is 9.53 Å². The zero-order chi connectivity index (χ0) is 17.0. The molecule has 1 saturated carbocycles. The Balaban J connectivity index is 2.30. The van der Waals surface area contributed by atoms with Crippen LogP contribution in [0.25, 0.3) is 0 Å². The van der Waals surface area contributed by atoms with Gasteiger partial charge in [0.25, 0.3) is 0 Å². The van der Waals surface area contributed by atoms with Crippen LogP contribution < -0.4 is 5.32 Å². The molecule has 0 aromatic rings. The molecule has 1 aliphatic rings. The molecule has 4 heteroatoms. The highest BCUT2D eigenvalue weighted by Gasteiger charge is 2.28. The summed E-state index contributed by atoms with van der Waals surface area (Å²) in [6.07, 6.45) is 4.94. The summed E-state index contributed by atoms with van der Waals surface area (Å²) in [5.74, 6) is 0.419. The lowest BCUT2D eigenvalue weighted by atomic mass is 9.75. The van der Waals surface area contributed by atoms with Crippen LogP contribution in [0.1, 0.15) is 67.2 Å². The summed E-state index contributed by atoms with van der Waals surface area (Å²) < 4.78 is 5.39. The second kappa shape index (κ2) is 7.67. The van der Waals surface area contributed by atoms with Crippen LogP contribution in [0.3, 0.4) is 0 Å². The molecule has 22 heavy (non-hydrogen) atoms. The van der Waals surface area contributed by atoms with Gasteiger partial charge in [0.2, 0.25) is 0 Å². The lowest BCUT2D eigenvalue weighted by Gasteiger charge is -2.36. The van der Waals surface area contributed by atoms with Crippen LogP contribution in [-0.2, 0) is 4.74 Å². The number of carbonyl (C=O) groups is 1. The van der Waals surface area contributed by atoms with Gasteiger partial charge in [0.15, 0.2) is 0 Å². The van der Waals surface area contributed by atoms with Gasteiger partial charge in [-0.25, -0.2) is 4.79 Å². The molecule has 130 valence electrons. The van der Waals surface area contributed by atoms with E-state index in [0.29, 0.717) is 17.4 Å². The topological polar surface area (TPSA) is 41.6 Å². The molecule has 0 saturated heterocycles. The summed E-state index contributed by atoms with van der Waals surface area (Å²) in [5.41, 5.74) is 0.0347. The van der Waals surface area contributed by atoms with Gasteiger partial charge in [0, 0.05) is 19.6 Å². The number of amides is 1. The van der Waals surface area contributed by atoms with E-state index in [1.54, 1.807) is 4.90 Å². The highest BCUT2D eigenvalue weighted by molar-refractivity contribution is 5.67. The van der Waals surface area contributed by atoms with Gasteiger partial charge in [-0.2, -0.15) is 0 Å². The van der Waals surface area contributed by atoms with Crippen LogP contribution in [0.15, 0.2) is 0 Å². The van der Waals surface area contributed by atoms with Gasteiger partial charge in [0.1, 0.15) is 5.60 Å². The molecule has 0 radical (unpaired) electrons. The standard InChI is InChI=1S/C18H36N2O2/c1-14(13-20(7)16(21)22-17(2,3)4)12-19-15-9-8-10-18(5,6)11-15/h14-15,19H,8-13H2,1-7H3. The van der Waals surface area contributed by atoms with Gasteiger partial charge in [-0.15, -0.1) is 0 Å². The second-order valence-corrected chi connectivity index (χ2v) is 8.83. The third kappa shape index (κ3) is 7.48. The molecule has 2 atom stereocenters. The first kappa shape index (κ1) is 19.3. The summed E-state index contributed by atoms with van der Waals surface area (Å²) in [7, 11) is 1.81. The molecule has 0 heterocycles. The number of rotatable bonds is 5. The minimum Gasteiger partial charge on any atom is -0.444 e. The van der Waals surface area contributed by atoms with E-state index < -0.39 is 5.60 Å². The Hall–Kier alpha value is -0.770. The third-order valence-corrected chi connectivity index (χ3v) is 4.25. The Morgan fingerprint density at radius 3 is 2.59 bits per heavy atom. The predicted octanol–water partition coefficient (Wildman–Crippen LogP) is 4.05. The molecular formula is C18H36N2O2. The Bertz CT molecular complexity index is 361. The lowest BCUT2D eigenvalue weighted by molar-refractivity contribution is 0.0276. The summed E-state index contributed by atoms with van der Waals surface area (Å²) in [6, 6.07) is 0.623. The third-order valence-electron chi connectivity index (χ3n) is 4.25. The van der Waals surface area contributed by atoms with Crippen molar-refractivity contribution in [1.82, 2.24) is 10.2 Å². The zero-order valence-corrected chi connectivity index (χ0v) is 15.7. The first-order valence-corrected chi connectivity index (χ1v) is 8.66.